The normalized spacial score (nSPS) is 11.4. The first-order chi connectivity index (χ1) is 23.3. The first-order valence-electron chi connectivity index (χ1n) is 15.7. The van der Waals surface area contributed by atoms with Crippen LogP contribution in [0.4, 0.5) is 0 Å². The van der Waals surface area contributed by atoms with Crippen molar-refractivity contribution in [3.63, 3.8) is 0 Å². The summed E-state index contributed by atoms with van der Waals surface area (Å²) in [4.78, 5) is 15.1. The number of furan rings is 1. The van der Waals surface area contributed by atoms with Crippen LogP contribution in [0.15, 0.2) is 168 Å². The van der Waals surface area contributed by atoms with Crippen LogP contribution in [-0.2, 0) is 0 Å². The molecule has 0 saturated carbocycles. The number of nitrogens with zero attached hydrogens (tertiary/aromatic N) is 3. The standard InChI is InChI=1S/C43H27N3O/c1-3-12-28(13-4-1)32-26-27-33(35-17-8-7-16-34(32)35)29-22-24-31(25-23-29)42-44-41(30-14-5-2-6-15-30)45-43(46-42)37-19-11-21-39-40(37)36-18-9-10-20-38(36)47-39/h1-27H. The SMILES string of the molecule is c1ccc(-c2nc(-c3ccc(-c4ccc(-c5ccccc5)c5ccccc45)cc3)nc(-c3cccc4oc5ccccc5c34)n2)cc1. The number of fused-ring (bicyclic) bond motifs is 4. The van der Waals surface area contributed by atoms with Crippen LogP contribution in [0, 0.1) is 0 Å². The maximum atomic E-state index is 6.19. The number of benzene rings is 7. The van der Waals surface area contributed by atoms with Crippen molar-refractivity contribution >= 4 is 32.7 Å². The fraction of sp³-hybridized carbons (Fsp3) is 0. The van der Waals surface area contributed by atoms with Crippen molar-refractivity contribution in [3.8, 4) is 56.4 Å². The molecule has 2 aromatic heterocycles. The fourth-order valence-corrected chi connectivity index (χ4v) is 6.52. The first-order valence-corrected chi connectivity index (χ1v) is 15.7. The zero-order chi connectivity index (χ0) is 31.2. The van der Waals surface area contributed by atoms with Gasteiger partial charge >= 0.3 is 0 Å². The highest BCUT2D eigenvalue weighted by atomic mass is 16.3. The molecule has 0 aliphatic rings. The molecule has 0 aliphatic carbocycles. The lowest BCUT2D eigenvalue weighted by Gasteiger charge is -2.13. The Labute approximate surface area is 271 Å². The fourth-order valence-electron chi connectivity index (χ4n) is 6.52. The Balaban J connectivity index is 1.18. The van der Waals surface area contributed by atoms with Crippen LogP contribution in [0.1, 0.15) is 0 Å². The van der Waals surface area contributed by atoms with Gasteiger partial charge in [-0.15, -0.1) is 0 Å². The van der Waals surface area contributed by atoms with Crippen molar-refractivity contribution in [1.29, 1.82) is 0 Å². The van der Waals surface area contributed by atoms with Gasteiger partial charge in [-0.2, -0.15) is 0 Å². The van der Waals surface area contributed by atoms with Crippen molar-refractivity contribution in [3.05, 3.63) is 164 Å². The summed E-state index contributed by atoms with van der Waals surface area (Å²) in [6, 6.07) is 56.4. The molecule has 7 aromatic carbocycles. The van der Waals surface area contributed by atoms with E-state index in [0.717, 1.165) is 44.2 Å². The van der Waals surface area contributed by atoms with E-state index in [1.165, 1.54) is 27.5 Å². The Hall–Kier alpha value is -6.39. The molecule has 0 fully saturated rings. The molecule has 220 valence electrons. The maximum absolute atomic E-state index is 6.19. The number of hydrogen-bond acceptors (Lipinski definition) is 4. The number of para-hydroxylation sites is 1. The van der Waals surface area contributed by atoms with E-state index in [4.69, 9.17) is 19.4 Å². The minimum Gasteiger partial charge on any atom is -0.456 e. The summed E-state index contributed by atoms with van der Waals surface area (Å²) in [6.07, 6.45) is 0. The van der Waals surface area contributed by atoms with E-state index in [1.54, 1.807) is 0 Å². The molecule has 0 spiro atoms. The van der Waals surface area contributed by atoms with Gasteiger partial charge in [0.05, 0.1) is 0 Å². The van der Waals surface area contributed by atoms with Crippen molar-refractivity contribution in [2.24, 2.45) is 0 Å². The second-order valence-electron chi connectivity index (χ2n) is 11.6. The Morgan fingerprint density at radius 2 is 0.766 bits per heavy atom. The van der Waals surface area contributed by atoms with Crippen molar-refractivity contribution in [2.45, 2.75) is 0 Å². The van der Waals surface area contributed by atoms with Gasteiger partial charge in [-0.1, -0.05) is 152 Å². The van der Waals surface area contributed by atoms with E-state index >= 15 is 0 Å². The third kappa shape index (κ3) is 4.75. The molecule has 4 heteroatoms. The zero-order valence-electron chi connectivity index (χ0n) is 25.3. The van der Waals surface area contributed by atoms with Crippen LogP contribution in [0.3, 0.4) is 0 Å². The van der Waals surface area contributed by atoms with Crippen LogP contribution >= 0.6 is 0 Å². The van der Waals surface area contributed by atoms with Gasteiger partial charge in [0.15, 0.2) is 17.5 Å². The summed E-state index contributed by atoms with van der Waals surface area (Å²) in [5.41, 5.74) is 9.18. The summed E-state index contributed by atoms with van der Waals surface area (Å²) < 4.78 is 6.19. The van der Waals surface area contributed by atoms with Crippen LogP contribution in [0.5, 0.6) is 0 Å². The van der Waals surface area contributed by atoms with E-state index in [9.17, 15) is 0 Å². The predicted octanol–water partition coefficient (Wildman–Crippen LogP) is 11.3. The van der Waals surface area contributed by atoms with Gasteiger partial charge in [0.1, 0.15) is 11.2 Å². The quantitative estimate of drug-likeness (QED) is 0.197. The average molecular weight is 602 g/mol. The highest BCUT2D eigenvalue weighted by Crippen LogP contribution is 2.38. The second-order valence-corrected chi connectivity index (χ2v) is 11.6. The molecular weight excluding hydrogens is 574 g/mol. The van der Waals surface area contributed by atoms with Gasteiger partial charge in [0, 0.05) is 27.5 Å². The van der Waals surface area contributed by atoms with E-state index in [2.05, 4.69) is 103 Å². The molecule has 0 atom stereocenters. The van der Waals surface area contributed by atoms with Gasteiger partial charge in [-0.25, -0.2) is 15.0 Å². The Morgan fingerprint density at radius 1 is 0.298 bits per heavy atom. The van der Waals surface area contributed by atoms with Gasteiger partial charge in [0.25, 0.3) is 0 Å². The van der Waals surface area contributed by atoms with Crippen LogP contribution in [-0.4, -0.2) is 15.0 Å². The second kappa shape index (κ2) is 11.2. The summed E-state index contributed by atoms with van der Waals surface area (Å²) >= 11 is 0. The minimum absolute atomic E-state index is 0.609. The van der Waals surface area contributed by atoms with E-state index in [-0.39, 0.29) is 0 Å². The molecule has 47 heavy (non-hydrogen) atoms. The lowest BCUT2D eigenvalue weighted by Crippen LogP contribution is -2.00. The predicted molar refractivity (Wildman–Crippen MR) is 192 cm³/mol. The minimum atomic E-state index is 0.609. The number of hydrogen-bond donors (Lipinski definition) is 0. The molecule has 0 N–H and O–H groups in total. The molecule has 9 rings (SSSR count). The highest BCUT2D eigenvalue weighted by molar-refractivity contribution is 6.11. The van der Waals surface area contributed by atoms with Crippen molar-refractivity contribution < 1.29 is 4.42 Å². The molecule has 4 nitrogen and oxygen atoms in total. The molecule has 2 heterocycles. The van der Waals surface area contributed by atoms with Crippen LogP contribution in [0.2, 0.25) is 0 Å². The zero-order valence-corrected chi connectivity index (χ0v) is 25.3. The largest absolute Gasteiger partial charge is 0.456 e. The highest BCUT2D eigenvalue weighted by Gasteiger charge is 2.18. The summed E-state index contributed by atoms with van der Waals surface area (Å²) in [5, 5.41) is 4.49. The van der Waals surface area contributed by atoms with E-state index in [1.807, 2.05) is 60.7 Å². The van der Waals surface area contributed by atoms with Gasteiger partial charge in [-0.3, -0.25) is 0 Å². The average Bonchev–Trinajstić information content (AvgIpc) is 3.54. The first kappa shape index (κ1) is 27.0. The molecule has 0 bridgehead atoms. The molecule has 0 saturated heterocycles. The Kier molecular flexibility index (Phi) is 6.43. The topological polar surface area (TPSA) is 51.8 Å². The molecule has 0 amide bonds. The molecule has 0 unspecified atom stereocenters. The van der Waals surface area contributed by atoms with Gasteiger partial charge in [-0.05, 0) is 45.2 Å². The van der Waals surface area contributed by atoms with Crippen molar-refractivity contribution in [2.75, 3.05) is 0 Å². The monoisotopic (exact) mass is 601 g/mol. The molecule has 0 aliphatic heterocycles. The van der Waals surface area contributed by atoms with Crippen LogP contribution in [0.25, 0.3) is 89.1 Å². The van der Waals surface area contributed by atoms with E-state index in [0.29, 0.717) is 17.5 Å². The van der Waals surface area contributed by atoms with Gasteiger partial charge in [0.2, 0.25) is 0 Å². The lowest BCUT2D eigenvalue weighted by molar-refractivity contribution is 0.669. The number of aromatic nitrogens is 3. The molecule has 9 aromatic rings. The van der Waals surface area contributed by atoms with E-state index < -0.39 is 0 Å². The third-order valence-corrected chi connectivity index (χ3v) is 8.77. The van der Waals surface area contributed by atoms with Crippen LogP contribution < -0.4 is 0 Å². The number of rotatable bonds is 5. The summed E-state index contributed by atoms with van der Waals surface area (Å²) in [6.45, 7) is 0. The third-order valence-electron chi connectivity index (χ3n) is 8.77. The maximum Gasteiger partial charge on any atom is 0.164 e. The molecule has 0 radical (unpaired) electrons. The molecular formula is C43H27N3O. The summed E-state index contributed by atoms with van der Waals surface area (Å²) in [5.74, 6) is 1.86. The van der Waals surface area contributed by atoms with Crippen molar-refractivity contribution in [1.82, 2.24) is 15.0 Å². The van der Waals surface area contributed by atoms with Gasteiger partial charge < -0.3 is 4.42 Å². The Bertz CT molecular complexity index is 2550. The summed E-state index contributed by atoms with van der Waals surface area (Å²) in [7, 11) is 0. The smallest absolute Gasteiger partial charge is 0.164 e. The lowest BCUT2D eigenvalue weighted by atomic mass is 9.92. The Morgan fingerprint density at radius 3 is 1.43 bits per heavy atom.